The molecule has 8 nitrogen and oxygen atoms in total. The average Bonchev–Trinajstić information content (AvgIpc) is 2.73. The third kappa shape index (κ3) is 5.14. The lowest BCUT2D eigenvalue weighted by molar-refractivity contribution is -0.159. The van der Waals surface area contributed by atoms with Crippen LogP contribution in [0.5, 0.6) is 23.0 Å². The van der Waals surface area contributed by atoms with Gasteiger partial charge in [0, 0.05) is 11.8 Å². The van der Waals surface area contributed by atoms with Crippen LogP contribution in [0.3, 0.4) is 0 Å². The number of ether oxygens (including phenoxy) is 5. The van der Waals surface area contributed by atoms with Gasteiger partial charge in [0.25, 0.3) is 5.91 Å². The van der Waals surface area contributed by atoms with Crippen LogP contribution in [0.4, 0.5) is 5.69 Å². The van der Waals surface area contributed by atoms with E-state index >= 15 is 0 Å². The predicted molar refractivity (Wildman–Crippen MR) is 109 cm³/mol. The first-order valence-corrected chi connectivity index (χ1v) is 9.80. The summed E-state index contributed by atoms with van der Waals surface area (Å²) in [5.41, 5.74) is 0.502. The molecule has 1 heterocycles. The van der Waals surface area contributed by atoms with E-state index in [0.717, 1.165) is 0 Å². The van der Waals surface area contributed by atoms with Crippen molar-refractivity contribution in [2.24, 2.45) is 0 Å². The molecule has 0 saturated heterocycles. The van der Waals surface area contributed by atoms with Gasteiger partial charge < -0.3 is 29.0 Å². The molecule has 0 aliphatic carbocycles. The zero-order chi connectivity index (χ0) is 21.5. The van der Waals surface area contributed by atoms with E-state index in [4.69, 9.17) is 23.7 Å². The van der Waals surface area contributed by atoms with Gasteiger partial charge in [0.05, 0.1) is 13.2 Å². The van der Waals surface area contributed by atoms with Crippen molar-refractivity contribution in [1.82, 2.24) is 0 Å². The van der Waals surface area contributed by atoms with Crippen LogP contribution in [0.1, 0.15) is 20.8 Å². The molecule has 0 fully saturated rings. The number of fused-ring (bicyclic) bond motifs is 1. The summed E-state index contributed by atoms with van der Waals surface area (Å²) in [6.07, 6.45) is -1.50. The minimum absolute atomic E-state index is 0.454. The molecule has 3 rings (SSSR count). The Balaban J connectivity index is 1.55. The molecule has 1 aliphatic rings. The summed E-state index contributed by atoms with van der Waals surface area (Å²) >= 11 is 0. The van der Waals surface area contributed by atoms with E-state index in [0.29, 0.717) is 41.9 Å². The first kappa shape index (κ1) is 21.3. The summed E-state index contributed by atoms with van der Waals surface area (Å²) in [6.45, 7) is 5.94. The van der Waals surface area contributed by atoms with Gasteiger partial charge >= 0.3 is 5.97 Å². The lowest BCUT2D eigenvalue weighted by atomic mass is 10.2. The molecule has 2 aromatic rings. The van der Waals surface area contributed by atoms with Gasteiger partial charge in [0.2, 0.25) is 6.10 Å². The number of carbonyl (C=O) groups excluding carboxylic acids is 2. The average molecular weight is 415 g/mol. The third-order valence-corrected chi connectivity index (χ3v) is 4.25. The highest BCUT2D eigenvalue weighted by Gasteiger charge is 2.35. The molecule has 30 heavy (non-hydrogen) atoms. The molecular formula is C22H25NO7. The van der Waals surface area contributed by atoms with Gasteiger partial charge in [0.1, 0.15) is 6.10 Å². The van der Waals surface area contributed by atoms with Gasteiger partial charge in [-0.05, 0) is 45.0 Å². The van der Waals surface area contributed by atoms with Crippen LogP contribution in [-0.4, -0.2) is 43.9 Å². The summed E-state index contributed by atoms with van der Waals surface area (Å²) in [5, 5.41) is 2.67. The third-order valence-electron chi connectivity index (χ3n) is 4.25. The van der Waals surface area contributed by atoms with Crippen molar-refractivity contribution < 1.29 is 33.3 Å². The first-order chi connectivity index (χ1) is 14.5. The van der Waals surface area contributed by atoms with Crippen molar-refractivity contribution >= 4 is 17.6 Å². The van der Waals surface area contributed by atoms with Gasteiger partial charge in [-0.15, -0.1) is 0 Å². The molecule has 2 unspecified atom stereocenters. The molecule has 0 spiro atoms. The standard InChI is InChI=1S/C22H25NO7/c1-4-26-16-11-10-15(12-19(16)27-5-2)23-20(24)13-28-22(25)21-14(3)29-17-8-6-7-9-18(17)30-21/h6-12,14,21H,4-5,13H2,1-3H3,(H,23,24). The molecule has 0 bridgehead atoms. The minimum Gasteiger partial charge on any atom is -0.490 e. The number of rotatable bonds is 8. The van der Waals surface area contributed by atoms with Crippen molar-refractivity contribution in [2.75, 3.05) is 25.1 Å². The lowest BCUT2D eigenvalue weighted by Gasteiger charge is -2.30. The van der Waals surface area contributed by atoms with Gasteiger partial charge in [0.15, 0.2) is 29.6 Å². The van der Waals surface area contributed by atoms with Gasteiger partial charge in [-0.25, -0.2) is 4.79 Å². The normalized spacial score (nSPS) is 17.0. The van der Waals surface area contributed by atoms with Crippen molar-refractivity contribution in [3.8, 4) is 23.0 Å². The van der Waals surface area contributed by atoms with E-state index in [1.807, 2.05) is 19.9 Å². The second-order valence-corrected chi connectivity index (χ2v) is 6.49. The number of carbonyl (C=O) groups is 2. The number of para-hydroxylation sites is 2. The Morgan fingerprint density at radius 2 is 1.63 bits per heavy atom. The van der Waals surface area contributed by atoms with E-state index in [-0.39, 0.29) is 0 Å². The van der Waals surface area contributed by atoms with Gasteiger partial charge in [-0.3, -0.25) is 4.79 Å². The number of anilines is 1. The largest absolute Gasteiger partial charge is 0.490 e. The zero-order valence-corrected chi connectivity index (χ0v) is 17.2. The number of amides is 1. The van der Waals surface area contributed by atoms with Crippen LogP contribution in [0.15, 0.2) is 42.5 Å². The number of esters is 1. The summed E-state index contributed by atoms with van der Waals surface area (Å²) in [6, 6.07) is 12.1. The molecule has 0 radical (unpaired) electrons. The second-order valence-electron chi connectivity index (χ2n) is 6.49. The maximum atomic E-state index is 12.4. The minimum atomic E-state index is -0.956. The van der Waals surface area contributed by atoms with E-state index in [9.17, 15) is 9.59 Å². The van der Waals surface area contributed by atoms with Gasteiger partial charge in [-0.2, -0.15) is 0 Å². The molecule has 0 aromatic heterocycles. The monoisotopic (exact) mass is 415 g/mol. The van der Waals surface area contributed by atoms with E-state index < -0.39 is 30.7 Å². The summed E-state index contributed by atoms with van der Waals surface area (Å²) in [4.78, 5) is 24.6. The maximum absolute atomic E-state index is 12.4. The number of benzene rings is 2. The summed E-state index contributed by atoms with van der Waals surface area (Å²) < 4.78 is 27.5. The van der Waals surface area contributed by atoms with Crippen molar-refractivity contribution in [2.45, 2.75) is 33.0 Å². The van der Waals surface area contributed by atoms with Crippen LogP contribution in [0, 0.1) is 0 Å². The Morgan fingerprint density at radius 3 is 2.33 bits per heavy atom. The molecule has 160 valence electrons. The van der Waals surface area contributed by atoms with Crippen LogP contribution in [0.25, 0.3) is 0 Å². The molecule has 8 heteroatoms. The highest BCUT2D eigenvalue weighted by Crippen LogP contribution is 2.34. The first-order valence-electron chi connectivity index (χ1n) is 9.80. The second kappa shape index (κ2) is 9.87. The van der Waals surface area contributed by atoms with E-state index in [1.54, 1.807) is 43.3 Å². The Bertz CT molecular complexity index is 899. The predicted octanol–water partition coefficient (Wildman–Crippen LogP) is 3.19. The molecule has 1 aliphatic heterocycles. The lowest BCUT2D eigenvalue weighted by Crippen LogP contribution is -2.45. The molecule has 1 N–H and O–H groups in total. The fourth-order valence-electron chi connectivity index (χ4n) is 2.92. The molecular weight excluding hydrogens is 390 g/mol. The van der Waals surface area contributed by atoms with Crippen molar-refractivity contribution in [3.05, 3.63) is 42.5 Å². The molecule has 2 aromatic carbocycles. The Kier molecular flexibility index (Phi) is 7.00. The Morgan fingerprint density at radius 1 is 0.967 bits per heavy atom. The van der Waals surface area contributed by atoms with Crippen LogP contribution >= 0.6 is 0 Å². The Hall–Kier alpha value is -3.42. The van der Waals surface area contributed by atoms with E-state index in [2.05, 4.69) is 5.32 Å². The highest BCUT2D eigenvalue weighted by atomic mass is 16.6. The molecule has 0 saturated carbocycles. The van der Waals surface area contributed by atoms with Crippen LogP contribution < -0.4 is 24.3 Å². The number of hydrogen-bond donors (Lipinski definition) is 1. The smallest absolute Gasteiger partial charge is 0.351 e. The fourth-order valence-corrected chi connectivity index (χ4v) is 2.92. The summed E-state index contributed by atoms with van der Waals surface area (Å²) in [5.74, 6) is 0.975. The number of hydrogen-bond acceptors (Lipinski definition) is 7. The van der Waals surface area contributed by atoms with Gasteiger partial charge in [-0.1, -0.05) is 12.1 Å². The number of nitrogens with one attached hydrogen (secondary N) is 1. The Labute approximate surface area is 175 Å². The fraction of sp³-hybridized carbons (Fsp3) is 0.364. The quantitative estimate of drug-likeness (QED) is 0.662. The van der Waals surface area contributed by atoms with Crippen LogP contribution in [0.2, 0.25) is 0 Å². The molecule has 2 atom stereocenters. The maximum Gasteiger partial charge on any atom is 0.351 e. The van der Waals surface area contributed by atoms with E-state index in [1.165, 1.54) is 0 Å². The topological polar surface area (TPSA) is 92.3 Å². The van der Waals surface area contributed by atoms with Crippen molar-refractivity contribution in [1.29, 1.82) is 0 Å². The van der Waals surface area contributed by atoms with Crippen LogP contribution in [-0.2, 0) is 14.3 Å². The zero-order valence-electron chi connectivity index (χ0n) is 17.2. The SMILES string of the molecule is CCOc1ccc(NC(=O)COC(=O)C2Oc3ccccc3OC2C)cc1OCC. The molecule has 1 amide bonds. The van der Waals surface area contributed by atoms with Crippen molar-refractivity contribution in [3.63, 3.8) is 0 Å². The highest BCUT2D eigenvalue weighted by molar-refractivity contribution is 5.93. The summed E-state index contributed by atoms with van der Waals surface area (Å²) in [7, 11) is 0.